The maximum Gasteiger partial charge on any atom is 0.106 e. The van der Waals surface area contributed by atoms with E-state index in [1.54, 1.807) is 0 Å². The molecule has 2 heteroatoms. The molecule has 0 heterocycles. The molecule has 0 amide bonds. The second kappa shape index (κ2) is 5.72. The quantitative estimate of drug-likeness (QED) is 0.743. The zero-order valence-electron chi connectivity index (χ0n) is 9.58. The minimum atomic E-state index is 0.402. The Morgan fingerprint density at radius 1 is 0.882 bits per heavy atom. The van der Waals surface area contributed by atoms with Crippen LogP contribution in [0.15, 0.2) is 60.7 Å². The molecule has 0 unspecified atom stereocenters. The minimum Gasteiger partial charge on any atom is -0.354 e. The van der Waals surface area contributed by atoms with Crippen molar-refractivity contribution in [3.63, 3.8) is 0 Å². The Bertz CT molecular complexity index is 485. The summed E-state index contributed by atoms with van der Waals surface area (Å²) in [6.07, 6.45) is 0. The van der Waals surface area contributed by atoms with Gasteiger partial charge in [-0.3, -0.25) is 0 Å². The fraction of sp³-hybridized carbons (Fsp3) is 0.133. The van der Waals surface area contributed by atoms with Gasteiger partial charge >= 0.3 is 0 Å². The van der Waals surface area contributed by atoms with Crippen molar-refractivity contribution in [3.8, 4) is 6.07 Å². The summed E-state index contributed by atoms with van der Waals surface area (Å²) in [5, 5.41) is 8.88. The van der Waals surface area contributed by atoms with Crippen molar-refractivity contribution >= 4 is 5.69 Å². The van der Waals surface area contributed by atoms with Crippen molar-refractivity contribution < 1.29 is 0 Å². The lowest BCUT2D eigenvalue weighted by atomic mass is 10.2. The number of benzene rings is 2. The van der Waals surface area contributed by atoms with E-state index in [1.165, 1.54) is 5.56 Å². The van der Waals surface area contributed by atoms with Crippen LogP contribution >= 0.6 is 0 Å². The first kappa shape index (κ1) is 11.2. The van der Waals surface area contributed by atoms with E-state index in [0.717, 1.165) is 12.2 Å². The smallest absolute Gasteiger partial charge is 0.106 e. The molecule has 17 heavy (non-hydrogen) atoms. The molecule has 0 saturated carbocycles. The molecule has 0 radical (unpaired) electrons. The molecule has 0 aliphatic carbocycles. The zero-order valence-corrected chi connectivity index (χ0v) is 9.58. The average molecular weight is 222 g/mol. The monoisotopic (exact) mass is 222 g/mol. The Balaban J connectivity index is 2.17. The molecule has 0 bridgehead atoms. The third kappa shape index (κ3) is 3.09. The van der Waals surface area contributed by atoms with Gasteiger partial charge in [0.25, 0.3) is 0 Å². The molecule has 2 rings (SSSR count). The van der Waals surface area contributed by atoms with Crippen LogP contribution in [0.1, 0.15) is 5.56 Å². The molecule has 0 aliphatic rings. The summed E-state index contributed by atoms with van der Waals surface area (Å²) < 4.78 is 0. The molecule has 2 nitrogen and oxygen atoms in total. The lowest BCUT2D eigenvalue weighted by molar-refractivity contribution is 0.872. The van der Waals surface area contributed by atoms with E-state index in [-0.39, 0.29) is 0 Å². The molecule has 2 aromatic rings. The molecule has 0 atom stereocenters. The third-order valence-electron chi connectivity index (χ3n) is 2.60. The topological polar surface area (TPSA) is 27.0 Å². The van der Waals surface area contributed by atoms with Gasteiger partial charge in [0.05, 0.1) is 6.07 Å². The molecule has 84 valence electrons. The van der Waals surface area contributed by atoms with Crippen LogP contribution in [0.25, 0.3) is 0 Å². The number of hydrogen-bond donors (Lipinski definition) is 0. The highest BCUT2D eigenvalue weighted by atomic mass is 15.1. The third-order valence-corrected chi connectivity index (χ3v) is 2.60. The lowest BCUT2D eigenvalue weighted by Crippen LogP contribution is -2.22. The molecule has 0 saturated heterocycles. The van der Waals surface area contributed by atoms with E-state index < -0.39 is 0 Å². The summed E-state index contributed by atoms with van der Waals surface area (Å²) in [5.74, 6) is 0. The SMILES string of the molecule is N#CCN(Cc1ccccc1)c1ccccc1. The molecular weight excluding hydrogens is 208 g/mol. The van der Waals surface area contributed by atoms with Gasteiger partial charge in [0.15, 0.2) is 0 Å². The summed E-state index contributed by atoms with van der Waals surface area (Å²) in [4.78, 5) is 2.06. The zero-order chi connectivity index (χ0) is 11.9. The summed E-state index contributed by atoms with van der Waals surface area (Å²) in [5.41, 5.74) is 2.30. The van der Waals surface area contributed by atoms with Crippen molar-refractivity contribution in [2.24, 2.45) is 0 Å². The lowest BCUT2D eigenvalue weighted by Gasteiger charge is -2.21. The van der Waals surface area contributed by atoms with Gasteiger partial charge in [0.2, 0.25) is 0 Å². The fourth-order valence-corrected chi connectivity index (χ4v) is 1.77. The van der Waals surface area contributed by atoms with Crippen molar-refractivity contribution in [2.75, 3.05) is 11.4 Å². The van der Waals surface area contributed by atoms with Crippen LogP contribution in [0, 0.1) is 11.3 Å². The van der Waals surface area contributed by atoms with Crippen LogP contribution in [0.3, 0.4) is 0 Å². The first-order chi connectivity index (χ1) is 8.40. The van der Waals surface area contributed by atoms with E-state index in [2.05, 4.69) is 23.1 Å². The van der Waals surface area contributed by atoms with E-state index in [9.17, 15) is 0 Å². The van der Waals surface area contributed by atoms with Gasteiger partial charge in [-0.25, -0.2) is 0 Å². The summed E-state index contributed by atoms with van der Waals surface area (Å²) in [6.45, 7) is 1.16. The maximum atomic E-state index is 8.88. The second-order valence-electron chi connectivity index (χ2n) is 3.84. The van der Waals surface area contributed by atoms with E-state index in [0.29, 0.717) is 6.54 Å². The molecule has 0 aromatic heterocycles. The molecular formula is C15H14N2. The van der Waals surface area contributed by atoms with Crippen LogP contribution in [0.5, 0.6) is 0 Å². The highest BCUT2D eigenvalue weighted by molar-refractivity contribution is 5.47. The van der Waals surface area contributed by atoms with Gasteiger partial charge < -0.3 is 4.90 Å². The Kier molecular flexibility index (Phi) is 3.77. The van der Waals surface area contributed by atoms with E-state index in [4.69, 9.17) is 5.26 Å². The largest absolute Gasteiger partial charge is 0.354 e. The number of nitriles is 1. The van der Waals surface area contributed by atoms with Gasteiger partial charge in [-0.1, -0.05) is 48.5 Å². The molecule has 0 aliphatic heterocycles. The Morgan fingerprint density at radius 2 is 1.47 bits per heavy atom. The number of nitrogens with zero attached hydrogens (tertiary/aromatic N) is 2. The average Bonchev–Trinajstić information content (AvgIpc) is 2.40. The van der Waals surface area contributed by atoms with E-state index >= 15 is 0 Å². The van der Waals surface area contributed by atoms with E-state index in [1.807, 2.05) is 48.5 Å². The van der Waals surface area contributed by atoms with Crippen LogP contribution < -0.4 is 4.90 Å². The Labute approximate surface area is 102 Å². The highest BCUT2D eigenvalue weighted by Crippen LogP contribution is 2.15. The normalized spacial score (nSPS) is 9.59. The van der Waals surface area contributed by atoms with Crippen molar-refractivity contribution in [1.82, 2.24) is 0 Å². The van der Waals surface area contributed by atoms with Crippen molar-refractivity contribution in [1.29, 1.82) is 5.26 Å². The minimum absolute atomic E-state index is 0.402. The number of para-hydroxylation sites is 1. The van der Waals surface area contributed by atoms with Crippen LogP contribution in [0.2, 0.25) is 0 Å². The van der Waals surface area contributed by atoms with Gasteiger partial charge in [0.1, 0.15) is 6.54 Å². The van der Waals surface area contributed by atoms with Gasteiger partial charge in [-0.05, 0) is 17.7 Å². The number of anilines is 1. The van der Waals surface area contributed by atoms with Crippen LogP contribution in [-0.4, -0.2) is 6.54 Å². The van der Waals surface area contributed by atoms with Gasteiger partial charge in [0, 0.05) is 12.2 Å². The molecule has 2 aromatic carbocycles. The molecule has 0 fully saturated rings. The standard InChI is InChI=1S/C15H14N2/c16-11-12-17(15-9-5-2-6-10-15)13-14-7-3-1-4-8-14/h1-10H,12-13H2. The maximum absolute atomic E-state index is 8.88. The Hall–Kier alpha value is -2.27. The second-order valence-corrected chi connectivity index (χ2v) is 3.84. The summed E-state index contributed by atoms with van der Waals surface area (Å²) >= 11 is 0. The van der Waals surface area contributed by atoms with Crippen LogP contribution in [-0.2, 0) is 6.54 Å². The predicted molar refractivity (Wildman–Crippen MR) is 69.5 cm³/mol. The fourth-order valence-electron chi connectivity index (χ4n) is 1.77. The summed E-state index contributed by atoms with van der Waals surface area (Å²) in [7, 11) is 0. The molecule has 0 N–H and O–H groups in total. The first-order valence-electron chi connectivity index (χ1n) is 5.61. The molecule has 0 spiro atoms. The Morgan fingerprint density at radius 3 is 2.06 bits per heavy atom. The van der Waals surface area contributed by atoms with Gasteiger partial charge in [-0.2, -0.15) is 5.26 Å². The number of rotatable bonds is 4. The first-order valence-corrected chi connectivity index (χ1v) is 5.61. The van der Waals surface area contributed by atoms with Crippen molar-refractivity contribution in [2.45, 2.75) is 6.54 Å². The highest BCUT2D eigenvalue weighted by Gasteiger charge is 2.05. The summed E-state index contributed by atoms with van der Waals surface area (Å²) in [6, 6.07) is 22.4. The van der Waals surface area contributed by atoms with Crippen molar-refractivity contribution in [3.05, 3.63) is 66.2 Å². The predicted octanol–water partition coefficient (Wildman–Crippen LogP) is 3.22. The number of hydrogen-bond acceptors (Lipinski definition) is 2. The van der Waals surface area contributed by atoms with Gasteiger partial charge in [-0.15, -0.1) is 0 Å². The van der Waals surface area contributed by atoms with Crippen LogP contribution in [0.4, 0.5) is 5.69 Å².